The van der Waals surface area contributed by atoms with Crippen LogP contribution in [0, 0.1) is 6.92 Å². The molecule has 1 saturated carbocycles. The number of carbonyl (C=O) groups excluding carboxylic acids is 2. The van der Waals surface area contributed by atoms with Crippen molar-refractivity contribution in [2.24, 2.45) is 0 Å². The van der Waals surface area contributed by atoms with Crippen molar-refractivity contribution in [1.29, 1.82) is 0 Å². The smallest absolute Gasteiger partial charge is 0.251 e. The summed E-state index contributed by atoms with van der Waals surface area (Å²) in [5, 5.41) is 10.6. The van der Waals surface area contributed by atoms with Crippen molar-refractivity contribution in [2.75, 3.05) is 18.9 Å². The predicted octanol–water partition coefficient (Wildman–Crippen LogP) is 5.20. The van der Waals surface area contributed by atoms with Gasteiger partial charge in [0.15, 0.2) is 11.6 Å². The molecule has 1 fully saturated rings. The fourth-order valence-electron chi connectivity index (χ4n) is 4.03. The molecule has 3 aromatic carbocycles. The summed E-state index contributed by atoms with van der Waals surface area (Å²) in [4.78, 5) is 26.2. The Bertz CT molecular complexity index is 1480. The van der Waals surface area contributed by atoms with Gasteiger partial charge in [0.2, 0.25) is 0 Å². The van der Waals surface area contributed by atoms with Crippen LogP contribution in [0.3, 0.4) is 0 Å². The molecule has 38 heavy (non-hydrogen) atoms. The second-order valence-electron chi connectivity index (χ2n) is 9.14. The Morgan fingerprint density at radius 3 is 2.47 bits per heavy atom. The van der Waals surface area contributed by atoms with Gasteiger partial charge in [-0.1, -0.05) is 29.8 Å². The summed E-state index contributed by atoms with van der Waals surface area (Å²) in [7, 11) is 0. The zero-order chi connectivity index (χ0) is 26.6. The van der Waals surface area contributed by atoms with Crippen LogP contribution in [-0.2, 0) is 0 Å². The van der Waals surface area contributed by atoms with E-state index in [1.165, 1.54) is 0 Å². The van der Waals surface area contributed by atoms with Crippen molar-refractivity contribution in [3.8, 4) is 22.8 Å². The Hall–Kier alpha value is -4.30. The highest BCUT2D eigenvalue weighted by molar-refractivity contribution is 6.30. The number of ether oxygens (including phenoxy) is 2. The largest absolute Gasteiger partial charge is 0.490 e. The van der Waals surface area contributed by atoms with Gasteiger partial charge in [-0.3, -0.25) is 14.7 Å². The van der Waals surface area contributed by atoms with Gasteiger partial charge in [0.05, 0.1) is 11.3 Å². The maximum absolute atomic E-state index is 13.6. The molecule has 0 bridgehead atoms. The van der Waals surface area contributed by atoms with E-state index < -0.39 is 0 Å². The SMILES string of the molecule is Cc1ccc(C(=O)NC2CC2)cc1-c1[nH]nc(N)c1C(=O)c1cccc(OCCOc2ccc(Cl)cc2)c1. The average molecular weight is 531 g/mol. The number of hydrogen-bond donors (Lipinski definition) is 3. The number of aromatic amines is 1. The van der Waals surface area contributed by atoms with Gasteiger partial charge in [-0.05, 0) is 73.9 Å². The monoisotopic (exact) mass is 530 g/mol. The first-order chi connectivity index (χ1) is 18.4. The highest BCUT2D eigenvalue weighted by atomic mass is 35.5. The minimum atomic E-state index is -0.304. The average Bonchev–Trinajstić information content (AvgIpc) is 3.66. The number of ketones is 1. The van der Waals surface area contributed by atoms with Crippen molar-refractivity contribution in [3.63, 3.8) is 0 Å². The van der Waals surface area contributed by atoms with Gasteiger partial charge in [-0.15, -0.1) is 0 Å². The van der Waals surface area contributed by atoms with E-state index in [1.807, 2.05) is 13.0 Å². The minimum Gasteiger partial charge on any atom is -0.490 e. The lowest BCUT2D eigenvalue weighted by Gasteiger charge is -2.11. The lowest BCUT2D eigenvalue weighted by Crippen LogP contribution is -2.25. The van der Waals surface area contributed by atoms with Gasteiger partial charge < -0.3 is 20.5 Å². The third kappa shape index (κ3) is 5.81. The molecule has 4 aromatic rings. The van der Waals surface area contributed by atoms with E-state index in [-0.39, 0.29) is 35.7 Å². The second kappa shape index (κ2) is 11.0. The number of carbonyl (C=O) groups is 2. The lowest BCUT2D eigenvalue weighted by molar-refractivity contribution is 0.0950. The number of aromatic nitrogens is 2. The number of nitrogens with one attached hydrogen (secondary N) is 2. The predicted molar refractivity (Wildman–Crippen MR) is 146 cm³/mol. The number of nitrogens with zero attached hydrogens (tertiary/aromatic N) is 1. The van der Waals surface area contributed by atoms with Crippen LogP contribution in [0.2, 0.25) is 5.02 Å². The van der Waals surface area contributed by atoms with Crippen LogP contribution in [0.4, 0.5) is 5.82 Å². The molecule has 1 amide bonds. The third-order valence-electron chi connectivity index (χ3n) is 6.23. The number of rotatable bonds is 10. The molecule has 0 atom stereocenters. The first-order valence-corrected chi connectivity index (χ1v) is 12.7. The Morgan fingerprint density at radius 1 is 1.00 bits per heavy atom. The number of anilines is 1. The van der Waals surface area contributed by atoms with Crippen LogP contribution in [0.25, 0.3) is 11.3 Å². The fraction of sp³-hybridized carbons (Fsp3) is 0.207. The van der Waals surface area contributed by atoms with E-state index in [9.17, 15) is 9.59 Å². The summed E-state index contributed by atoms with van der Waals surface area (Å²) in [5.74, 6) is 0.851. The number of nitrogens with two attached hydrogens (primary N) is 1. The number of amides is 1. The maximum Gasteiger partial charge on any atom is 0.251 e. The number of hydrogen-bond acceptors (Lipinski definition) is 6. The van der Waals surface area contributed by atoms with Crippen molar-refractivity contribution in [2.45, 2.75) is 25.8 Å². The summed E-state index contributed by atoms with van der Waals surface area (Å²) >= 11 is 5.89. The maximum atomic E-state index is 13.6. The molecular formula is C29H27ClN4O4. The summed E-state index contributed by atoms with van der Waals surface area (Å²) in [6, 6.07) is 19.6. The van der Waals surface area contributed by atoms with Gasteiger partial charge >= 0.3 is 0 Å². The Kier molecular flexibility index (Phi) is 7.33. The molecule has 9 heteroatoms. The molecular weight excluding hydrogens is 504 g/mol. The molecule has 0 radical (unpaired) electrons. The third-order valence-corrected chi connectivity index (χ3v) is 6.49. The molecule has 0 unspecified atom stereocenters. The molecule has 0 aliphatic heterocycles. The van der Waals surface area contributed by atoms with E-state index in [4.69, 9.17) is 26.8 Å². The number of H-pyrrole nitrogens is 1. The molecule has 0 spiro atoms. The van der Waals surface area contributed by atoms with Crippen molar-refractivity contribution < 1.29 is 19.1 Å². The number of nitrogen functional groups attached to an aromatic ring is 1. The zero-order valence-corrected chi connectivity index (χ0v) is 21.5. The topological polar surface area (TPSA) is 119 Å². The highest BCUT2D eigenvalue weighted by Gasteiger charge is 2.26. The van der Waals surface area contributed by atoms with Gasteiger partial charge in [0, 0.05) is 27.8 Å². The van der Waals surface area contributed by atoms with E-state index in [0.29, 0.717) is 45.5 Å². The summed E-state index contributed by atoms with van der Waals surface area (Å²) in [5.41, 5.74) is 9.33. The van der Waals surface area contributed by atoms with Gasteiger partial charge in [0.25, 0.3) is 5.91 Å². The molecule has 4 N–H and O–H groups in total. The Labute approximate surface area is 225 Å². The van der Waals surface area contributed by atoms with Crippen LogP contribution in [0.5, 0.6) is 11.5 Å². The van der Waals surface area contributed by atoms with Crippen LogP contribution < -0.4 is 20.5 Å². The van der Waals surface area contributed by atoms with E-state index in [2.05, 4.69) is 15.5 Å². The van der Waals surface area contributed by atoms with Crippen molar-refractivity contribution in [1.82, 2.24) is 15.5 Å². The van der Waals surface area contributed by atoms with Crippen molar-refractivity contribution in [3.05, 3.63) is 94.0 Å². The van der Waals surface area contributed by atoms with E-state index >= 15 is 0 Å². The molecule has 194 valence electrons. The van der Waals surface area contributed by atoms with E-state index in [1.54, 1.807) is 60.7 Å². The normalized spacial score (nSPS) is 12.7. The number of aryl methyl sites for hydroxylation is 1. The van der Waals surface area contributed by atoms with Gasteiger partial charge in [-0.25, -0.2) is 0 Å². The standard InChI is InChI=1S/C29H27ClN4O4/c1-17-5-6-19(29(36)32-21-9-10-21)16-24(17)26-25(28(31)34-33-26)27(35)18-3-2-4-23(15-18)38-14-13-37-22-11-7-20(30)8-12-22/h2-8,11-12,15-16,21H,9-10,13-14H2,1H3,(H,32,36)(H3,31,33,34). The second-order valence-corrected chi connectivity index (χ2v) is 9.58. The quantitative estimate of drug-likeness (QED) is 0.191. The molecule has 1 aromatic heterocycles. The number of halogens is 1. The van der Waals surface area contributed by atoms with Crippen molar-refractivity contribution >= 4 is 29.1 Å². The van der Waals surface area contributed by atoms with Gasteiger partial charge in [0.1, 0.15) is 24.7 Å². The molecule has 1 heterocycles. The fourth-order valence-corrected chi connectivity index (χ4v) is 4.16. The zero-order valence-electron chi connectivity index (χ0n) is 20.8. The number of benzene rings is 3. The molecule has 0 saturated heterocycles. The van der Waals surface area contributed by atoms with Crippen LogP contribution in [0.1, 0.15) is 44.7 Å². The molecule has 5 rings (SSSR count). The molecule has 1 aliphatic carbocycles. The first kappa shape index (κ1) is 25.4. The Balaban J connectivity index is 1.32. The molecule has 1 aliphatic rings. The first-order valence-electron chi connectivity index (χ1n) is 12.3. The minimum absolute atomic E-state index is 0.0833. The highest BCUT2D eigenvalue weighted by Crippen LogP contribution is 2.31. The summed E-state index contributed by atoms with van der Waals surface area (Å²) < 4.78 is 11.5. The summed E-state index contributed by atoms with van der Waals surface area (Å²) in [6.07, 6.45) is 2.00. The molecule has 8 nitrogen and oxygen atoms in total. The van der Waals surface area contributed by atoms with Crippen LogP contribution in [-0.4, -0.2) is 41.1 Å². The van der Waals surface area contributed by atoms with Crippen LogP contribution >= 0.6 is 11.6 Å². The van der Waals surface area contributed by atoms with Crippen LogP contribution in [0.15, 0.2) is 66.7 Å². The summed E-state index contributed by atoms with van der Waals surface area (Å²) in [6.45, 7) is 2.51. The van der Waals surface area contributed by atoms with E-state index in [0.717, 1.165) is 18.4 Å². The van der Waals surface area contributed by atoms with Gasteiger partial charge in [-0.2, -0.15) is 5.10 Å². The Morgan fingerprint density at radius 2 is 1.74 bits per heavy atom. The lowest BCUT2D eigenvalue weighted by atomic mass is 9.95.